The minimum Gasteiger partial charge on any atom is -0.389 e. The molecule has 5 nitrogen and oxygen atoms in total. The maximum Gasteiger partial charge on any atom is 0.222 e. The zero-order valence-corrected chi connectivity index (χ0v) is 13.3. The number of β-amino-alcohol motifs (C(OH)–C–C–N with tert-alkyl or cyclic N) is 1. The molecule has 122 valence electrons. The van der Waals surface area contributed by atoms with Gasteiger partial charge >= 0.3 is 0 Å². The second-order valence-electron chi connectivity index (χ2n) is 6.35. The number of aliphatic hydroxyl groups is 1. The summed E-state index contributed by atoms with van der Waals surface area (Å²) < 4.78 is 5.23. The Morgan fingerprint density at radius 2 is 1.90 bits per heavy atom. The van der Waals surface area contributed by atoms with E-state index in [9.17, 15) is 9.90 Å². The summed E-state index contributed by atoms with van der Waals surface area (Å²) >= 11 is 0. The van der Waals surface area contributed by atoms with E-state index in [-0.39, 0.29) is 0 Å². The number of amides is 1. The second-order valence-corrected chi connectivity index (χ2v) is 6.35. The maximum absolute atomic E-state index is 12.3. The number of hydrogen-bond acceptors (Lipinski definition) is 4. The molecule has 21 heavy (non-hydrogen) atoms. The standard InChI is InChI=1S/C16H30N2O3/c1-2-21-13-15(19)12-17-7-9-18(10-8-17)16(20)11-14-5-3-4-6-14/h14-15,19H,2-13H2,1H3. The molecular weight excluding hydrogens is 268 g/mol. The van der Waals surface area contributed by atoms with Crippen molar-refractivity contribution in [2.45, 2.75) is 45.1 Å². The molecule has 1 aliphatic carbocycles. The van der Waals surface area contributed by atoms with E-state index in [1.54, 1.807) is 0 Å². The molecule has 1 atom stereocenters. The molecule has 0 radical (unpaired) electrons. The molecule has 1 saturated carbocycles. The first-order valence-corrected chi connectivity index (χ1v) is 8.45. The number of hydrogen-bond donors (Lipinski definition) is 1. The summed E-state index contributed by atoms with van der Waals surface area (Å²) in [6, 6.07) is 0. The number of carbonyl (C=O) groups excluding carboxylic acids is 1. The monoisotopic (exact) mass is 298 g/mol. The molecule has 2 rings (SSSR count). The number of carbonyl (C=O) groups is 1. The Hall–Kier alpha value is -0.650. The largest absolute Gasteiger partial charge is 0.389 e. The van der Waals surface area contributed by atoms with Crippen LogP contribution in [0.3, 0.4) is 0 Å². The van der Waals surface area contributed by atoms with Crippen LogP contribution in [-0.4, -0.2) is 72.9 Å². The van der Waals surface area contributed by atoms with E-state index in [1.807, 2.05) is 11.8 Å². The van der Waals surface area contributed by atoms with Crippen molar-refractivity contribution in [1.82, 2.24) is 9.80 Å². The first kappa shape index (κ1) is 16.7. The summed E-state index contributed by atoms with van der Waals surface area (Å²) in [6.45, 7) is 6.93. The Bertz CT molecular complexity index is 311. The quantitative estimate of drug-likeness (QED) is 0.765. The molecule has 0 aromatic carbocycles. The highest BCUT2D eigenvalue weighted by Crippen LogP contribution is 2.28. The van der Waals surface area contributed by atoms with Crippen molar-refractivity contribution >= 4 is 5.91 Å². The van der Waals surface area contributed by atoms with Crippen LogP contribution in [-0.2, 0) is 9.53 Å². The van der Waals surface area contributed by atoms with Crippen LogP contribution in [0, 0.1) is 5.92 Å². The van der Waals surface area contributed by atoms with E-state index in [0.717, 1.165) is 32.6 Å². The van der Waals surface area contributed by atoms with Gasteiger partial charge in [0.05, 0.1) is 12.7 Å². The third-order valence-electron chi connectivity index (χ3n) is 4.65. The Morgan fingerprint density at radius 1 is 1.24 bits per heavy atom. The molecule has 0 aromatic heterocycles. The molecule has 1 saturated heterocycles. The lowest BCUT2D eigenvalue weighted by atomic mass is 10.0. The van der Waals surface area contributed by atoms with Crippen molar-refractivity contribution in [2.24, 2.45) is 5.92 Å². The van der Waals surface area contributed by atoms with Crippen molar-refractivity contribution in [3.8, 4) is 0 Å². The van der Waals surface area contributed by atoms with E-state index in [0.29, 0.717) is 31.6 Å². The highest BCUT2D eigenvalue weighted by atomic mass is 16.5. The van der Waals surface area contributed by atoms with Crippen molar-refractivity contribution in [3.05, 3.63) is 0 Å². The summed E-state index contributed by atoms with van der Waals surface area (Å²) in [5, 5.41) is 9.85. The highest BCUT2D eigenvalue weighted by Gasteiger charge is 2.25. The average Bonchev–Trinajstić information content (AvgIpc) is 2.98. The fraction of sp³-hybridized carbons (Fsp3) is 0.938. The summed E-state index contributed by atoms with van der Waals surface area (Å²) in [6.07, 6.45) is 5.37. The number of nitrogens with zero attached hydrogens (tertiary/aromatic N) is 2. The Kier molecular flexibility index (Phi) is 6.93. The Labute approximate surface area is 128 Å². The zero-order chi connectivity index (χ0) is 15.1. The SMILES string of the molecule is CCOCC(O)CN1CCN(C(=O)CC2CCCC2)CC1. The molecule has 0 spiro atoms. The third kappa shape index (κ3) is 5.57. The summed E-state index contributed by atoms with van der Waals surface area (Å²) in [5.74, 6) is 0.958. The van der Waals surface area contributed by atoms with Gasteiger partial charge in [-0.3, -0.25) is 9.69 Å². The van der Waals surface area contributed by atoms with Gasteiger partial charge in [-0.15, -0.1) is 0 Å². The fourth-order valence-corrected chi connectivity index (χ4v) is 3.38. The lowest BCUT2D eigenvalue weighted by Gasteiger charge is -2.36. The molecule has 0 bridgehead atoms. The van der Waals surface area contributed by atoms with E-state index in [2.05, 4.69) is 4.90 Å². The summed E-state index contributed by atoms with van der Waals surface area (Å²) in [5.41, 5.74) is 0. The maximum atomic E-state index is 12.3. The van der Waals surface area contributed by atoms with Gasteiger partial charge in [0.1, 0.15) is 0 Å². The lowest BCUT2D eigenvalue weighted by Crippen LogP contribution is -2.51. The van der Waals surface area contributed by atoms with Crippen LogP contribution in [0.2, 0.25) is 0 Å². The normalized spacial score (nSPS) is 22.7. The van der Waals surface area contributed by atoms with Gasteiger partial charge in [0.15, 0.2) is 0 Å². The summed E-state index contributed by atoms with van der Waals surface area (Å²) in [4.78, 5) is 16.5. The number of piperazine rings is 1. The molecule has 1 amide bonds. The average molecular weight is 298 g/mol. The molecule has 1 unspecified atom stereocenters. The van der Waals surface area contributed by atoms with Crippen LogP contribution < -0.4 is 0 Å². The zero-order valence-electron chi connectivity index (χ0n) is 13.3. The molecule has 5 heteroatoms. The van der Waals surface area contributed by atoms with Gasteiger partial charge in [-0.2, -0.15) is 0 Å². The molecule has 1 aliphatic heterocycles. The van der Waals surface area contributed by atoms with Crippen molar-refractivity contribution in [1.29, 1.82) is 0 Å². The van der Waals surface area contributed by atoms with Crippen LogP contribution in [0.15, 0.2) is 0 Å². The smallest absolute Gasteiger partial charge is 0.222 e. The number of rotatable bonds is 7. The highest BCUT2D eigenvalue weighted by molar-refractivity contribution is 5.76. The first-order chi connectivity index (χ1) is 10.2. The minimum absolute atomic E-state index is 0.330. The van der Waals surface area contributed by atoms with Crippen LogP contribution >= 0.6 is 0 Å². The van der Waals surface area contributed by atoms with Crippen LogP contribution in [0.1, 0.15) is 39.0 Å². The van der Waals surface area contributed by atoms with Gasteiger partial charge in [0.25, 0.3) is 0 Å². The fourth-order valence-electron chi connectivity index (χ4n) is 3.38. The van der Waals surface area contributed by atoms with E-state index in [1.165, 1.54) is 25.7 Å². The van der Waals surface area contributed by atoms with Crippen LogP contribution in [0.5, 0.6) is 0 Å². The van der Waals surface area contributed by atoms with Gasteiger partial charge in [0, 0.05) is 45.8 Å². The van der Waals surface area contributed by atoms with E-state index < -0.39 is 6.10 Å². The second kappa shape index (κ2) is 8.71. The van der Waals surface area contributed by atoms with Gasteiger partial charge in [0.2, 0.25) is 5.91 Å². The van der Waals surface area contributed by atoms with E-state index in [4.69, 9.17) is 4.74 Å². The van der Waals surface area contributed by atoms with Gasteiger partial charge in [-0.1, -0.05) is 12.8 Å². The Balaban J connectivity index is 1.64. The molecule has 2 aliphatic rings. The van der Waals surface area contributed by atoms with E-state index >= 15 is 0 Å². The topological polar surface area (TPSA) is 53.0 Å². The Morgan fingerprint density at radius 3 is 2.52 bits per heavy atom. The predicted octanol–water partition coefficient (Wildman–Crippen LogP) is 1.11. The van der Waals surface area contributed by atoms with Gasteiger partial charge in [-0.25, -0.2) is 0 Å². The van der Waals surface area contributed by atoms with Crippen molar-refractivity contribution in [3.63, 3.8) is 0 Å². The lowest BCUT2D eigenvalue weighted by molar-refractivity contribution is -0.134. The molecule has 2 fully saturated rings. The molecular formula is C16H30N2O3. The third-order valence-corrected chi connectivity index (χ3v) is 4.65. The van der Waals surface area contributed by atoms with Crippen molar-refractivity contribution < 1.29 is 14.6 Å². The first-order valence-electron chi connectivity index (χ1n) is 8.45. The number of aliphatic hydroxyl groups excluding tert-OH is 1. The van der Waals surface area contributed by atoms with Gasteiger partial charge < -0.3 is 14.7 Å². The number of ether oxygens (including phenoxy) is 1. The van der Waals surface area contributed by atoms with Crippen LogP contribution in [0.4, 0.5) is 0 Å². The van der Waals surface area contributed by atoms with Crippen molar-refractivity contribution in [2.75, 3.05) is 45.9 Å². The summed E-state index contributed by atoms with van der Waals surface area (Å²) in [7, 11) is 0. The van der Waals surface area contributed by atoms with Crippen LogP contribution in [0.25, 0.3) is 0 Å². The molecule has 1 heterocycles. The predicted molar refractivity (Wildman–Crippen MR) is 82.1 cm³/mol. The molecule has 0 aromatic rings. The molecule has 1 N–H and O–H groups in total. The van der Waals surface area contributed by atoms with Gasteiger partial charge in [-0.05, 0) is 25.7 Å². The minimum atomic E-state index is -0.425.